The monoisotopic (exact) mass is 524 g/mol. The van der Waals surface area contributed by atoms with Crippen molar-refractivity contribution < 1.29 is 28.2 Å². The Kier molecular flexibility index (Phi) is 7.16. The molecule has 38 heavy (non-hydrogen) atoms. The Morgan fingerprint density at radius 3 is 2.74 bits per heavy atom. The number of halogens is 2. The molecule has 0 saturated carbocycles. The molecule has 2 aliphatic heterocycles. The molecule has 2 aliphatic rings. The van der Waals surface area contributed by atoms with E-state index >= 15 is 8.78 Å². The molecular formula is C28H30F2N4O4. The molecule has 0 aliphatic carbocycles. The number of hydrogen-bond acceptors (Lipinski definition) is 6. The predicted molar refractivity (Wildman–Crippen MR) is 139 cm³/mol. The van der Waals surface area contributed by atoms with Crippen molar-refractivity contribution in [3.63, 3.8) is 0 Å². The summed E-state index contributed by atoms with van der Waals surface area (Å²) in [6.45, 7) is 5.41. The lowest BCUT2D eigenvalue weighted by Crippen LogP contribution is -2.36. The second-order valence-electron chi connectivity index (χ2n) is 10.0. The molecule has 0 fully saturated rings. The van der Waals surface area contributed by atoms with Crippen molar-refractivity contribution in [1.82, 2.24) is 14.9 Å². The Labute approximate surface area is 219 Å². The SMILES string of the molecule is CCC(=O)N1CC=C(c2c[nH]c3nccc(Oc4c(F)cc(CC5=NCC(C)(CO)CO5)cc4F)c23)CC1. The summed E-state index contributed by atoms with van der Waals surface area (Å²) in [4.78, 5) is 25.6. The first-order chi connectivity index (χ1) is 18.3. The van der Waals surface area contributed by atoms with Gasteiger partial charge in [-0.2, -0.15) is 0 Å². The lowest BCUT2D eigenvalue weighted by molar-refractivity contribution is -0.130. The van der Waals surface area contributed by atoms with Crippen molar-refractivity contribution >= 4 is 28.4 Å². The van der Waals surface area contributed by atoms with Gasteiger partial charge in [-0.15, -0.1) is 0 Å². The maximum Gasteiger partial charge on any atom is 0.222 e. The number of aliphatic hydroxyl groups is 1. The number of aromatic amines is 1. The van der Waals surface area contributed by atoms with Crippen LogP contribution in [0.2, 0.25) is 0 Å². The summed E-state index contributed by atoms with van der Waals surface area (Å²) in [5.41, 5.74) is 2.28. The number of aliphatic hydroxyl groups excluding tert-OH is 1. The first-order valence-corrected chi connectivity index (χ1v) is 12.7. The van der Waals surface area contributed by atoms with Crippen LogP contribution in [0, 0.1) is 17.0 Å². The van der Waals surface area contributed by atoms with E-state index in [2.05, 4.69) is 15.0 Å². The Hall–Kier alpha value is -3.79. The van der Waals surface area contributed by atoms with Crippen molar-refractivity contribution in [2.24, 2.45) is 10.4 Å². The molecule has 10 heteroatoms. The number of pyridine rings is 1. The summed E-state index contributed by atoms with van der Waals surface area (Å²) in [7, 11) is 0. The number of fused-ring (bicyclic) bond motifs is 1. The number of nitrogens with zero attached hydrogens (tertiary/aromatic N) is 3. The molecule has 1 atom stereocenters. The fraction of sp³-hybridized carbons (Fsp3) is 0.393. The summed E-state index contributed by atoms with van der Waals surface area (Å²) >= 11 is 0. The van der Waals surface area contributed by atoms with Gasteiger partial charge in [0.2, 0.25) is 5.91 Å². The molecule has 0 saturated heterocycles. The lowest BCUT2D eigenvalue weighted by Gasteiger charge is -2.30. The van der Waals surface area contributed by atoms with Crippen LogP contribution in [0.1, 0.15) is 37.8 Å². The topological polar surface area (TPSA) is 100 Å². The van der Waals surface area contributed by atoms with Gasteiger partial charge in [0.25, 0.3) is 0 Å². The summed E-state index contributed by atoms with van der Waals surface area (Å²) < 4.78 is 41.6. The molecule has 200 valence electrons. The van der Waals surface area contributed by atoms with Crippen LogP contribution in [0.5, 0.6) is 11.5 Å². The highest BCUT2D eigenvalue weighted by atomic mass is 19.1. The van der Waals surface area contributed by atoms with Gasteiger partial charge >= 0.3 is 0 Å². The molecule has 0 bridgehead atoms. The number of hydrogen-bond donors (Lipinski definition) is 2. The van der Waals surface area contributed by atoms with Crippen molar-refractivity contribution in [2.45, 2.75) is 33.1 Å². The quantitative estimate of drug-likeness (QED) is 0.470. The number of carbonyl (C=O) groups excluding carboxylic acids is 1. The summed E-state index contributed by atoms with van der Waals surface area (Å²) in [5, 5.41) is 10.1. The van der Waals surface area contributed by atoms with E-state index in [0.717, 1.165) is 11.1 Å². The van der Waals surface area contributed by atoms with Gasteiger partial charge in [0.05, 0.1) is 25.1 Å². The van der Waals surface area contributed by atoms with Gasteiger partial charge in [-0.1, -0.05) is 19.9 Å². The highest BCUT2D eigenvalue weighted by Gasteiger charge is 2.29. The highest BCUT2D eigenvalue weighted by Crippen LogP contribution is 2.38. The highest BCUT2D eigenvalue weighted by molar-refractivity contribution is 5.95. The van der Waals surface area contributed by atoms with Crippen LogP contribution in [-0.4, -0.2) is 64.6 Å². The summed E-state index contributed by atoms with van der Waals surface area (Å²) in [6.07, 6.45) is 6.54. The number of ether oxygens (including phenoxy) is 2. The summed E-state index contributed by atoms with van der Waals surface area (Å²) in [5.74, 6) is -1.45. The van der Waals surface area contributed by atoms with Gasteiger partial charge < -0.3 is 24.5 Å². The molecule has 1 amide bonds. The zero-order valence-electron chi connectivity index (χ0n) is 21.4. The van der Waals surface area contributed by atoms with Crippen LogP contribution in [-0.2, 0) is 16.0 Å². The third-order valence-electron chi connectivity index (χ3n) is 6.98. The molecule has 2 aromatic heterocycles. The second-order valence-corrected chi connectivity index (χ2v) is 10.0. The predicted octanol–water partition coefficient (Wildman–Crippen LogP) is 4.63. The molecular weight excluding hydrogens is 494 g/mol. The van der Waals surface area contributed by atoms with Crippen molar-refractivity contribution in [3.8, 4) is 11.5 Å². The zero-order valence-corrected chi connectivity index (χ0v) is 21.4. The van der Waals surface area contributed by atoms with Crippen molar-refractivity contribution in [3.05, 3.63) is 59.4 Å². The smallest absolute Gasteiger partial charge is 0.222 e. The van der Waals surface area contributed by atoms with Crippen LogP contribution >= 0.6 is 0 Å². The second kappa shape index (κ2) is 10.5. The molecule has 0 radical (unpaired) electrons. The van der Waals surface area contributed by atoms with E-state index in [4.69, 9.17) is 9.47 Å². The van der Waals surface area contributed by atoms with Crippen LogP contribution < -0.4 is 4.74 Å². The Morgan fingerprint density at radius 2 is 2.11 bits per heavy atom. The van der Waals surface area contributed by atoms with E-state index < -0.39 is 22.8 Å². The standard InChI is InChI=1S/C28H30F2N4O4/c1-3-24(36)34-8-5-18(6-9-34)19-13-32-27-25(19)22(4-7-31-27)38-26-20(29)10-17(11-21(26)30)12-23-33-14-28(2,15-35)16-37-23/h4-5,7,10-11,13,35H,3,6,8-9,12,14-16H2,1-2H3,(H,31,32). The van der Waals surface area contributed by atoms with Crippen LogP contribution in [0.4, 0.5) is 8.78 Å². The van der Waals surface area contributed by atoms with Gasteiger partial charge in [0.15, 0.2) is 23.3 Å². The third kappa shape index (κ3) is 5.13. The normalized spacial score (nSPS) is 19.7. The molecule has 1 unspecified atom stereocenters. The van der Waals surface area contributed by atoms with Crippen LogP contribution in [0.3, 0.4) is 0 Å². The van der Waals surface area contributed by atoms with Crippen molar-refractivity contribution in [1.29, 1.82) is 0 Å². The largest absolute Gasteiger partial charge is 0.480 e. The molecule has 2 N–H and O–H groups in total. The number of amides is 1. The Morgan fingerprint density at radius 1 is 1.32 bits per heavy atom. The lowest BCUT2D eigenvalue weighted by atomic mass is 9.92. The average Bonchev–Trinajstić information content (AvgIpc) is 3.37. The van der Waals surface area contributed by atoms with Crippen LogP contribution in [0.25, 0.3) is 16.6 Å². The number of carbonyl (C=O) groups is 1. The number of nitrogens with one attached hydrogen (secondary N) is 1. The fourth-order valence-electron chi connectivity index (χ4n) is 4.66. The van der Waals surface area contributed by atoms with E-state index in [1.807, 2.05) is 19.9 Å². The van der Waals surface area contributed by atoms with E-state index in [1.165, 1.54) is 18.3 Å². The first-order valence-electron chi connectivity index (χ1n) is 12.7. The van der Waals surface area contributed by atoms with Gasteiger partial charge in [0.1, 0.15) is 11.4 Å². The maximum atomic E-state index is 15.1. The maximum absolute atomic E-state index is 15.1. The van der Waals surface area contributed by atoms with Gasteiger partial charge in [-0.05, 0) is 35.8 Å². The van der Waals surface area contributed by atoms with Gasteiger partial charge in [0, 0.05) is 49.3 Å². The number of aromatic nitrogens is 2. The third-order valence-corrected chi connectivity index (χ3v) is 6.98. The van der Waals surface area contributed by atoms with E-state index in [1.54, 1.807) is 17.2 Å². The number of H-pyrrole nitrogens is 1. The van der Waals surface area contributed by atoms with Gasteiger partial charge in [-0.25, -0.2) is 13.8 Å². The van der Waals surface area contributed by atoms with Gasteiger partial charge in [-0.3, -0.25) is 9.79 Å². The van der Waals surface area contributed by atoms with E-state index in [0.29, 0.717) is 55.0 Å². The molecule has 3 aromatic rings. The van der Waals surface area contributed by atoms with E-state index in [9.17, 15) is 9.90 Å². The Bertz CT molecular complexity index is 1410. The fourth-order valence-corrected chi connectivity index (χ4v) is 4.66. The first kappa shape index (κ1) is 25.8. The molecule has 4 heterocycles. The molecule has 1 aromatic carbocycles. The zero-order chi connectivity index (χ0) is 26.9. The number of rotatable bonds is 7. The molecule has 8 nitrogen and oxygen atoms in total. The average molecular weight is 525 g/mol. The number of aliphatic imine (C=N–C) groups is 1. The molecule has 0 spiro atoms. The summed E-state index contributed by atoms with van der Waals surface area (Å²) in [6, 6.07) is 4.00. The minimum Gasteiger partial charge on any atom is -0.480 e. The minimum atomic E-state index is -0.843. The van der Waals surface area contributed by atoms with Crippen molar-refractivity contribution in [2.75, 3.05) is 32.8 Å². The number of benzene rings is 1. The van der Waals surface area contributed by atoms with Crippen LogP contribution in [0.15, 0.2) is 41.7 Å². The van der Waals surface area contributed by atoms with E-state index in [-0.39, 0.29) is 31.3 Å². The molecule has 5 rings (SSSR count). The Balaban J connectivity index is 1.39. The minimum absolute atomic E-state index is 0.0571.